The fourth-order valence-electron chi connectivity index (χ4n) is 1.33. The highest BCUT2D eigenvalue weighted by Crippen LogP contribution is 2.10. The van der Waals surface area contributed by atoms with Gasteiger partial charge in [-0.3, -0.25) is 5.32 Å². The Kier molecular flexibility index (Phi) is 2.10. The second-order valence-electron chi connectivity index (χ2n) is 2.82. The third kappa shape index (κ3) is 1.48. The first-order valence-corrected chi connectivity index (χ1v) is 4.16. The summed E-state index contributed by atoms with van der Waals surface area (Å²) < 4.78 is 0. The van der Waals surface area contributed by atoms with E-state index in [0.29, 0.717) is 0 Å². The van der Waals surface area contributed by atoms with Gasteiger partial charge in [0.2, 0.25) is 0 Å². The standard InChI is InChI=1S/C10H12N2/c1-2-5-9(6-3-1)10-11-7-4-8-12-10/h1-7,10-12H,8H2. The number of rotatable bonds is 1. The third-order valence-electron chi connectivity index (χ3n) is 1.95. The zero-order valence-electron chi connectivity index (χ0n) is 6.83. The Morgan fingerprint density at radius 1 is 1.17 bits per heavy atom. The Morgan fingerprint density at radius 3 is 2.67 bits per heavy atom. The molecule has 0 saturated heterocycles. The van der Waals surface area contributed by atoms with Crippen molar-refractivity contribution in [1.29, 1.82) is 0 Å². The van der Waals surface area contributed by atoms with Crippen LogP contribution in [0.25, 0.3) is 0 Å². The normalized spacial score (nSPS) is 21.8. The molecule has 1 heterocycles. The molecule has 0 saturated carbocycles. The van der Waals surface area contributed by atoms with Gasteiger partial charge in [-0.15, -0.1) is 0 Å². The molecule has 0 fully saturated rings. The Labute approximate surface area is 72.3 Å². The van der Waals surface area contributed by atoms with Crippen LogP contribution in [-0.2, 0) is 0 Å². The Bertz CT molecular complexity index is 266. The molecular formula is C10H12N2. The summed E-state index contributed by atoms with van der Waals surface area (Å²) in [5.41, 5.74) is 1.28. The van der Waals surface area contributed by atoms with Crippen LogP contribution in [0, 0.1) is 0 Å². The molecule has 0 aliphatic carbocycles. The van der Waals surface area contributed by atoms with Crippen molar-refractivity contribution in [3.05, 3.63) is 48.2 Å². The summed E-state index contributed by atoms with van der Waals surface area (Å²) in [5, 5.41) is 6.58. The average Bonchev–Trinajstić information content (AvgIpc) is 2.21. The Hall–Kier alpha value is -1.28. The summed E-state index contributed by atoms with van der Waals surface area (Å²) in [6, 6.07) is 10.4. The second-order valence-corrected chi connectivity index (χ2v) is 2.82. The molecule has 1 aromatic carbocycles. The van der Waals surface area contributed by atoms with E-state index in [2.05, 4.69) is 41.0 Å². The summed E-state index contributed by atoms with van der Waals surface area (Å²) in [6.07, 6.45) is 4.34. The predicted molar refractivity (Wildman–Crippen MR) is 49.5 cm³/mol. The summed E-state index contributed by atoms with van der Waals surface area (Å²) in [5.74, 6) is 0. The summed E-state index contributed by atoms with van der Waals surface area (Å²) >= 11 is 0. The molecule has 0 bridgehead atoms. The topological polar surface area (TPSA) is 24.1 Å². The van der Waals surface area contributed by atoms with Gasteiger partial charge in [0.1, 0.15) is 6.17 Å². The van der Waals surface area contributed by atoms with E-state index in [1.807, 2.05) is 12.3 Å². The molecule has 0 amide bonds. The van der Waals surface area contributed by atoms with Crippen LogP contribution in [0.4, 0.5) is 0 Å². The fraction of sp³-hybridized carbons (Fsp3) is 0.200. The lowest BCUT2D eigenvalue weighted by Gasteiger charge is -2.21. The van der Waals surface area contributed by atoms with Gasteiger partial charge in [0.25, 0.3) is 0 Å². The van der Waals surface area contributed by atoms with E-state index in [-0.39, 0.29) is 6.17 Å². The highest BCUT2D eigenvalue weighted by molar-refractivity contribution is 5.19. The monoisotopic (exact) mass is 160 g/mol. The quantitative estimate of drug-likeness (QED) is 0.648. The van der Waals surface area contributed by atoms with Gasteiger partial charge in [0.15, 0.2) is 0 Å². The van der Waals surface area contributed by atoms with E-state index < -0.39 is 0 Å². The van der Waals surface area contributed by atoms with Crippen molar-refractivity contribution in [3.8, 4) is 0 Å². The van der Waals surface area contributed by atoms with Crippen molar-refractivity contribution in [1.82, 2.24) is 10.6 Å². The van der Waals surface area contributed by atoms with Crippen molar-refractivity contribution >= 4 is 0 Å². The van der Waals surface area contributed by atoms with E-state index in [1.165, 1.54) is 5.56 Å². The minimum Gasteiger partial charge on any atom is -0.372 e. The molecule has 1 atom stereocenters. The van der Waals surface area contributed by atoms with Gasteiger partial charge in [0.05, 0.1) is 0 Å². The molecule has 0 radical (unpaired) electrons. The van der Waals surface area contributed by atoms with Crippen LogP contribution < -0.4 is 10.6 Å². The van der Waals surface area contributed by atoms with Crippen molar-refractivity contribution in [2.75, 3.05) is 6.54 Å². The average molecular weight is 160 g/mol. The molecule has 1 aromatic rings. The molecule has 0 aromatic heterocycles. The minimum absolute atomic E-state index is 0.274. The number of hydrogen-bond donors (Lipinski definition) is 2. The largest absolute Gasteiger partial charge is 0.372 e. The fourth-order valence-corrected chi connectivity index (χ4v) is 1.33. The number of benzene rings is 1. The highest BCUT2D eigenvalue weighted by atomic mass is 15.1. The molecule has 1 unspecified atom stereocenters. The van der Waals surface area contributed by atoms with Crippen LogP contribution in [0.15, 0.2) is 42.6 Å². The highest BCUT2D eigenvalue weighted by Gasteiger charge is 2.08. The molecule has 12 heavy (non-hydrogen) atoms. The number of hydrogen-bond acceptors (Lipinski definition) is 2. The maximum Gasteiger partial charge on any atom is 0.103 e. The Morgan fingerprint density at radius 2 is 2.00 bits per heavy atom. The van der Waals surface area contributed by atoms with Gasteiger partial charge in [0, 0.05) is 6.54 Å². The summed E-state index contributed by atoms with van der Waals surface area (Å²) in [4.78, 5) is 0. The van der Waals surface area contributed by atoms with Gasteiger partial charge in [-0.25, -0.2) is 0 Å². The molecule has 2 rings (SSSR count). The van der Waals surface area contributed by atoms with Gasteiger partial charge in [-0.2, -0.15) is 0 Å². The van der Waals surface area contributed by atoms with Crippen LogP contribution in [0.2, 0.25) is 0 Å². The lowest BCUT2D eigenvalue weighted by Crippen LogP contribution is -2.34. The van der Waals surface area contributed by atoms with Crippen molar-refractivity contribution in [2.45, 2.75) is 6.17 Å². The van der Waals surface area contributed by atoms with Crippen LogP contribution in [-0.4, -0.2) is 6.54 Å². The minimum atomic E-state index is 0.274. The van der Waals surface area contributed by atoms with E-state index in [1.54, 1.807) is 0 Å². The maximum atomic E-state index is 3.34. The van der Waals surface area contributed by atoms with Crippen LogP contribution in [0.3, 0.4) is 0 Å². The van der Waals surface area contributed by atoms with E-state index in [9.17, 15) is 0 Å². The first kappa shape index (κ1) is 7.37. The van der Waals surface area contributed by atoms with Gasteiger partial charge < -0.3 is 5.32 Å². The van der Waals surface area contributed by atoms with Gasteiger partial charge in [-0.05, 0) is 11.8 Å². The zero-order valence-corrected chi connectivity index (χ0v) is 6.83. The summed E-state index contributed by atoms with van der Waals surface area (Å²) in [7, 11) is 0. The zero-order chi connectivity index (χ0) is 8.23. The van der Waals surface area contributed by atoms with E-state index >= 15 is 0 Å². The van der Waals surface area contributed by atoms with Crippen LogP contribution >= 0.6 is 0 Å². The molecule has 2 N–H and O–H groups in total. The molecule has 2 nitrogen and oxygen atoms in total. The first-order valence-electron chi connectivity index (χ1n) is 4.16. The molecule has 1 aliphatic heterocycles. The van der Waals surface area contributed by atoms with Crippen LogP contribution in [0.5, 0.6) is 0 Å². The number of nitrogens with one attached hydrogen (secondary N) is 2. The lowest BCUT2D eigenvalue weighted by atomic mass is 10.1. The molecular weight excluding hydrogens is 148 g/mol. The van der Waals surface area contributed by atoms with Gasteiger partial charge >= 0.3 is 0 Å². The van der Waals surface area contributed by atoms with Crippen molar-refractivity contribution in [3.63, 3.8) is 0 Å². The summed E-state index contributed by atoms with van der Waals surface area (Å²) in [6.45, 7) is 0.937. The predicted octanol–water partition coefficient (Wildman–Crippen LogP) is 1.39. The van der Waals surface area contributed by atoms with Crippen molar-refractivity contribution in [2.24, 2.45) is 0 Å². The second kappa shape index (κ2) is 3.41. The third-order valence-corrected chi connectivity index (χ3v) is 1.95. The lowest BCUT2D eigenvalue weighted by molar-refractivity contribution is 0.498. The smallest absolute Gasteiger partial charge is 0.103 e. The maximum absolute atomic E-state index is 3.34. The van der Waals surface area contributed by atoms with Crippen LogP contribution in [0.1, 0.15) is 11.7 Å². The Balaban J connectivity index is 2.15. The van der Waals surface area contributed by atoms with Gasteiger partial charge in [-0.1, -0.05) is 36.4 Å². The first-order chi connectivity index (χ1) is 5.97. The molecule has 1 aliphatic rings. The SMILES string of the molecule is C1=CNC(c2ccccc2)NC1. The van der Waals surface area contributed by atoms with Crippen molar-refractivity contribution < 1.29 is 0 Å². The van der Waals surface area contributed by atoms with E-state index in [0.717, 1.165) is 6.54 Å². The molecule has 0 spiro atoms. The van der Waals surface area contributed by atoms with E-state index in [4.69, 9.17) is 0 Å². The molecule has 62 valence electrons. The molecule has 2 heteroatoms.